The summed E-state index contributed by atoms with van der Waals surface area (Å²) >= 11 is 0. The highest BCUT2D eigenvalue weighted by Crippen LogP contribution is 2.13. The number of carboxylic acid groups (broad SMARTS) is 1. The topological polar surface area (TPSA) is 124 Å². The summed E-state index contributed by atoms with van der Waals surface area (Å²) in [6.07, 6.45) is 0. The van der Waals surface area contributed by atoms with Gasteiger partial charge in [-0.1, -0.05) is 13.8 Å². The molecule has 1 unspecified atom stereocenters. The van der Waals surface area contributed by atoms with E-state index in [1.165, 1.54) is 0 Å². The zero-order valence-corrected chi connectivity index (χ0v) is 9.34. The molecule has 86 valence electrons. The molecular weight excluding hydrogens is 211 g/mol. The van der Waals surface area contributed by atoms with Gasteiger partial charge >= 0.3 is 5.97 Å². The van der Waals surface area contributed by atoms with Crippen LogP contribution in [0.2, 0.25) is 0 Å². The summed E-state index contributed by atoms with van der Waals surface area (Å²) in [6.45, 7) is 3.55. The van der Waals surface area contributed by atoms with Crippen LogP contribution in [0.4, 0.5) is 0 Å². The monoisotopic (exact) mass is 228 g/mol. The number of hydroxylamine groups is 1. The van der Waals surface area contributed by atoms with Crippen molar-refractivity contribution in [2.75, 3.05) is 7.05 Å². The van der Waals surface area contributed by atoms with Crippen molar-refractivity contribution >= 4 is 14.1 Å². The second-order valence-corrected chi connectivity index (χ2v) is 4.13. The number of aliphatic carboxylic acids is 1. The molecule has 0 aliphatic carbocycles. The fourth-order valence-corrected chi connectivity index (χ4v) is 0.285. The van der Waals surface area contributed by atoms with Crippen LogP contribution in [-0.4, -0.2) is 39.1 Å². The fourth-order valence-electron chi connectivity index (χ4n) is 0.285. The Kier molecular flexibility index (Phi) is 9.02. The molecule has 7 nitrogen and oxygen atoms in total. The highest BCUT2D eigenvalue weighted by atomic mass is 31.1. The zero-order chi connectivity index (χ0) is 11.9. The van der Waals surface area contributed by atoms with E-state index in [1.54, 1.807) is 13.8 Å². The summed E-state index contributed by atoms with van der Waals surface area (Å²) in [5, 5.41) is 16.2. The lowest BCUT2D eigenvalue weighted by Gasteiger charge is -2.07. The van der Waals surface area contributed by atoms with Crippen LogP contribution in [0, 0.1) is 5.92 Å². The van der Waals surface area contributed by atoms with Gasteiger partial charge in [-0.15, -0.1) is 4.83 Å². The minimum atomic E-state index is -2.81. The number of rotatable bonds is 3. The molecule has 0 heterocycles. The third kappa shape index (κ3) is 9.63. The van der Waals surface area contributed by atoms with Crippen LogP contribution in [0.5, 0.6) is 0 Å². The van der Waals surface area contributed by atoms with Gasteiger partial charge in [-0.25, -0.2) is 0 Å². The van der Waals surface area contributed by atoms with Crippen molar-refractivity contribution in [2.24, 2.45) is 11.7 Å². The smallest absolute Gasteiger partial charge is 0.320 e. The predicted octanol–water partition coefficient (Wildman–Crippen LogP) is -0.256. The summed E-state index contributed by atoms with van der Waals surface area (Å²) in [4.78, 5) is 18.1. The Balaban J connectivity index is 0. The summed E-state index contributed by atoms with van der Waals surface area (Å²) in [5.74, 6) is -0.910. The van der Waals surface area contributed by atoms with Gasteiger partial charge in [0.2, 0.25) is 0 Å². The molecule has 14 heavy (non-hydrogen) atoms. The normalized spacial score (nSPS) is 14.6. The van der Waals surface area contributed by atoms with E-state index < -0.39 is 20.2 Å². The highest BCUT2D eigenvalue weighted by Gasteiger charge is 2.14. The molecule has 5 N–H and O–H groups in total. The van der Waals surface area contributed by atoms with Crippen LogP contribution in [0.1, 0.15) is 13.8 Å². The van der Waals surface area contributed by atoms with E-state index in [4.69, 9.17) is 20.9 Å². The molecule has 0 aromatic heterocycles. The van der Waals surface area contributed by atoms with Crippen molar-refractivity contribution in [3.63, 3.8) is 0 Å². The first-order valence-corrected chi connectivity index (χ1v) is 5.14. The van der Waals surface area contributed by atoms with Gasteiger partial charge < -0.3 is 20.9 Å². The molecular formula is C6H17N2O5P. The summed E-state index contributed by atoms with van der Waals surface area (Å²) in [6, 6.07) is -0.713. The van der Waals surface area contributed by atoms with E-state index in [-0.39, 0.29) is 10.8 Å². The Labute approximate surface area is 83.0 Å². The molecule has 0 aliphatic heterocycles. The maximum Gasteiger partial charge on any atom is 0.320 e. The van der Waals surface area contributed by atoms with Gasteiger partial charge in [-0.05, 0) is 5.92 Å². The second kappa shape index (κ2) is 7.90. The van der Waals surface area contributed by atoms with Crippen molar-refractivity contribution < 1.29 is 24.6 Å². The van der Waals surface area contributed by atoms with E-state index >= 15 is 0 Å². The van der Waals surface area contributed by atoms with Crippen LogP contribution in [0.15, 0.2) is 0 Å². The third-order valence-corrected chi connectivity index (χ3v) is 1.83. The first kappa shape index (κ1) is 16.0. The molecule has 8 heteroatoms. The van der Waals surface area contributed by atoms with Crippen LogP contribution in [-0.2, 0) is 9.36 Å². The van der Waals surface area contributed by atoms with Gasteiger partial charge in [0.15, 0.2) is 0 Å². The Morgan fingerprint density at radius 2 is 1.79 bits per heavy atom. The molecule has 0 spiro atoms. The van der Waals surface area contributed by atoms with Gasteiger partial charge in [0.25, 0.3) is 8.18 Å². The molecule has 0 saturated heterocycles. The van der Waals surface area contributed by atoms with Crippen molar-refractivity contribution in [3.05, 3.63) is 0 Å². The molecule has 0 aliphatic rings. The minimum absolute atomic E-state index is 0.0208. The molecule has 0 amide bonds. The van der Waals surface area contributed by atoms with Crippen LogP contribution < -0.4 is 5.73 Å². The number of hydrogen-bond donors (Lipinski definition) is 4. The maximum atomic E-state index is 10.0. The summed E-state index contributed by atoms with van der Waals surface area (Å²) in [7, 11) is -1.70. The molecule has 0 rings (SSSR count). The lowest BCUT2D eigenvalue weighted by Crippen LogP contribution is -2.34. The van der Waals surface area contributed by atoms with Crippen LogP contribution >= 0.6 is 8.18 Å². The summed E-state index contributed by atoms with van der Waals surface area (Å²) < 4.78 is 9.56. The Bertz CT molecular complexity index is 197. The lowest BCUT2D eigenvalue weighted by molar-refractivity contribution is -0.139. The van der Waals surface area contributed by atoms with Crippen LogP contribution in [0.3, 0.4) is 0 Å². The lowest BCUT2D eigenvalue weighted by atomic mass is 10.1. The van der Waals surface area contributed by atoms with E-state index in [1.807, 2.05) is 0 Å². The number of carbonyl (C=O) groups is 1. The van der Waals surface area contributed by atoms with Crippen LogP contribution in [0.25, 0.3) is 0 Å². The van der Waals surface area contributed by atoms with Gasteiger partial charge in [-0.2, -0.15) is 0 Å². The number of hydrogen-bond acceptors (Lipinski definition) is 4. The van der Waals surface area contributed by atoms with Crippen molar-refractivity contribution in [2.45, 2.75) is 19.9 Å². The molecule has 0 aromatic rings. The number of nitrogens with zero attached hydrogens (tertiary/aromatic N) is 1. The minimum Gasteiger partial charge on any atom is -0.480 e. The van der Waals surface area contributed by atoms with Crippen molar-refractivity contribution in [1.82, 2.24) is 4.83 Å². The molecule has 0 bridgehead atoms. The molecule has 0 radical (unpaired) electrons. The highest BCUT2D eigenvalue weighted by molar-refractivity contribution is 7.34. The first-order valence-electron chi connectivity index (χ1n) is 3.84. The van der Waals surface area contributed by atoms with Gasteiger partial charge in [-0.3, -0.25) is 9.36 Å². The van der Waals surface area contributed by atoms with E-state index in [0.29, 0.717) is 0 Å². The van der Waals surface area contributed by atoms with E-state index in [0.717, 1.165) is 7.05 Å². The Morgan fingerprint density at radius 3 is 1.79 bits per heavy atom. The largest absolute Gasteiger partial charge is 0.480 e. The predicted molar refractivity (Wildman–Crippen MR) is 51.2 cm³/mol. The standard InChI is InChI=1S/C5H11NO2.CH6NO3P/c1-3(2)4(6)5(7)8;1-2(3)6(4)5/h3-4H,6H2,1-2H3,(H,7,8);3,6H,1H3,(H,4,5)/t4-;/m0./s1. The summed E-state index contributed by atoms with van der Waals surface area (Å²) in [5.41, 5.74) is 5.16. The second-order valence-electron chi connectivity index (χ2n) is 2.91. The maximum absolute atomic E-state index is 10.0. The third-order valence-electron chi connectivity index (χ3n) is 1.28. The number of nitrogens with two attached hydrogens (primary N) is 1. The molecule has 0 aromatic carbocycles. The zero-order valence-electron chi connectivity index (χ0n) is 8.34. The molecule has 0 saturated carbocycles. The Morgan fingerprint density at radius 1 is 1.50 bits per heavy atom. The van der Waals surface area contributed by atoms with E-state index in [2.05, 4.69) is 0 Å². The van der Waals surface area contributed by atoms with Gasteiger partial charge in [0, 0.05) is 7.05 Å². The van der Waals surface area contributed by atoms with Crippen molar-refractivity contribution in [1.29, 1.82) is 0 Å². The van der Waals surface area contributed by atoms with Gasteiger partial charge in [0.1, 0.15) is 6.04 Å². The van der Waals surface area contributed by atoms with Crippen molar-refractivity contribution in [3.8, 4) is 0 Å². The molecule has 2 atom stereocenters. The molecule has 0 fully saturated rings. The van der Waals surface area contributed by atoms with E-state index in [9.17, 15) is 9.36 Å². The van der Waals surface area contributed by atoms with Gasteiger partial charge in [0.05, 0.1) is 0 Å². The SMILES string of the molecule is CC(C)[C@H](N)C(=O)O.CN(O)[PH](=O)O. The number of carboxylic acids is 1. The quantitative estimate of drug-likeness (QED) is 0.387. The fraction of sp³-hybridized carbons (Fsp3) is 0.833. The average Bonchev–Trinajstić information content (AvgIpc) is 2.03. The average molecular weight is 228 g/mol. The Hall–Kier alpha value is -0.460. The first-order chi connectivity index (χ1) is 6.20.